The third-order valence-corrected chi connectivity index (χ3v) is 5.59. The highest BCUT2D eigenvalue weighted by atomic mass is 32.2. The van der Waals surface area contributed by atoms with Crippen molar-refractivity contribution in [3.05, 3.63) is 82.4 Å². The zero-order valence-electron chi connectivity index (χ0n) is 16.8. The molecule has 150 valence electrons. The number of nitro benzene ring substituents is 1. The lowest BCUT2D eigenvalue weighted by Gasteiger charge is -2.19. The van der Waals surface area contributed by atoms with E-state index in [0.29, 0.717) is 12.3 Å². The summed E-state index contributed by atoms with van der Waals surface area (Å²) in [5.41, 5.74) is 3.46. The van der Waals surface area contributed by atoms with E-state index in [9.17, 15) is 10.1 Å². The zero-order valence-corrected chi connectivity index (χ0v) is 17.6. The Morgan fingerprint density at radius 1 is 1.10 bits per heavy atom. The van der Waals surface area contributed by atoms with Gasteiger partial charge in [0.2, 0.25) is 0 Å². The molecular formula is C22H24N4O2S. The number of nitrogens with zero attached hydrogens (tertiary/aromatic N) is 4. The highest BCUT2D eigenvalue weighted by Gasteiger charge is 2.17. The zero-order chi connectivity index (χ0) is 21.0. The SMILES string of the molecule is C=CCn1c(SCc2ccc([N+](=O)[O-])cc2)nnc1-c1ccc(C(C)(C)C)cc1. The van der Waals surface area contributed by atoms with Gasteiger partial charge in [-0.15, -0.1) is 16.8 Å². The summed E-state index contributed by atoms with van der Waals surface area (Å²) in [7, 11) is 0. The van der Waals surface area contributed by atoms with Gasteiger partial charge in [0.15, 0.2) is 11.0 Å². The van der Waals surface area contributed by atoms with Crippen LogP contribution in [0.25, 0.3) is 11.4 Å². The predicted molar refractivity (Wildman–Crippen MR) is 117 cm³/mol. The van der Waals surface area contributed by atoms with E-state index in [0.717, 1.165) is 22.1 Å². The van der Waals surface area contributed by atoms with Crippen LogP contribution in [0.2, 0.25) is 0 Å². The Kier molecular flexibility index (Phi) is 6.17. The number of allylic oxidation sites excluding steroid dienone is 1. The lowest BCUT2D eigenvalue weighted by Crippen LogP contribution is -2.10. The van der Waals surface area contributed by atoms with Crippen LogP contribution in [0.4, 0.5) is 5.69 Å². The number of hydrogen-bond acceptors (Lipinski definition) is 5. The van der Waals surface area contributed by atoms with Gasteiger partial charge in [-0.05, 0) is 16.5 Å². The molecule has 1 heterocycles. The standard InChI is InChI=1S/C22H24N4O2S/c1-5-14-25-20(17-8-10-18(11-9-17)22(2,3)4)23-24-21(25)29-15-16-6-12-19(13-7-16)26(27)28/h5-13H,1,14-15H2,2-4H3. The summed E-state index contributed by atoms with van der Waals surface area (Å²) in [5.74, 6) is 1.45. The molecule has 0 unspecified atom stereocenters. The summed E-state index contributed by atoms with van der Waals surface area (Å²) in [6.07, 6.45) is 1.83. The largest absolute Gasteiger partial charge is 0.298 e. The van der Waals surface area contributed by atoms with Crippen molar-refractivity contribution >= 4 is 17.4 Å². The van der Waals surface area contributed by atoms with E-state index < -0.39 is 4.92 Å². The third kappa shape index (κ3) is 4.92. The van der Waals surface area contributed by atoms with Crippen LogP contribution in [0.5, 0.6) is 0 Å². The quantitative estimate of drug-likeness (QED) is 0.219. The molecule has 0 atom stereocenters. The Hall–Kier alpha value is -2.93. The van der Waals surface area contributed by atoms with Crippen molar-refractivity contribution in [1.29, 1.82) is 0 Å². The Labute approximate surface area is 174 Å². The molecule has 1 aromatic heterocycles. The molecule has 0 aliphatic heterocycles. The average molecular weight is 409 g/mol. The minimum absolute atomic E-state index is 0.0922. The number of nitro groups is 1. The second-order valence-corrected chi connectivity index (χ2v) is 8.69. The molecule has 0 N–H and O–H groups in total. The molecule has 29 heavy (non-hydrogen) atoms. The topological polar surface area (TPSA) is 73.8 Å². The fourth-order valence-corrected chi connectivity index (χ4v) is 3.79. The van der Waals surface area contributed by atoms with E-state index in [2.05, 4.69) is 61.8 Å². The number of rotatable bonds is 7. The van der Waals surface area contributed by atoms with E-state index in [1.54, 1.807) is 23.9 Å². The Bertz CT molecular complexity index is 1000. The number of thioether (sulfide) groups is 1. The van der Waals surface area contributed by atoms with Gasteiger partial charge in [-0.2, -0.15) is 0 Å². The van der Waals surface area contributed by atoms with Crippen molar-refractivity contribution < 1.29 is 4.92 Å². The molecule has 0 bridgehead atoms. The van der Waals surface area contributed by atoms with Crippen molar-refractivity contribution in [2.45, 2.75) is 43.6 Å². The van der Waals surface area contributed by atoms with Crippen molar-refractivity contribution in [3.8, 4) is 11.4 Å². The number of non-ortho nitro benzene ring substituents is 1. The van der Waals surface area contributed by atoms with Gasteiger partial charge in [0.1, 0.15) is 0 Å². The second-order valence-electron chi connectivity index (χ2n) is 7.75. The van der Waals surface area contributed by atoms with Crippen LogP contribution in [0.1, 0.15) is 31.9 Å². The van der Waals surface area contributed by atoms with Gasteiger partial charge in [0.25, 0.3) is 5.69 Å². The molecule has 0 aliphatic carbocycles. The Balaban J connectivity index is 1.81. The van der Waals surface area contributed by atoms with Gasteiger partial charge >= 0.3 is 0 Å². The van der Waals surface area contributed by atoms with Crippen LogP contribution in [0, 0.1) is 10.1 Å². The van der Waals surface area contributed by atoms with Gasteiger partial charge in [-0.25, -0.2) is 0 Å². The highest BCUT2D eigenvalue weighted by molar-refractivity contribution is 7.98. The van der Waals surface area contributed by atoms with Crippen LogP contribution in [-0.2, 0) is 17.7 Å². The summed E-state index contributed by atoms with van der Waals surface area (Å²) in [5, 5.41) is 20.3. The van der Waals surface area contributed by atoms with Crippen LogP contribution in [-0.4, -0.2) is 19.7 Å². The maximum atomic E-state index is 10.8. The first kappa shape index (κ1) is 20.8. The average Bonchev–Trinajstić information content (AvgIpc) is 3.09. The normalized spacial score (nSPS) is 11.4. The van der Waals surface area contributed by atoms with Crippen LogP contribution in [0.15, 0.2) is 66.3 Å². The Morgan fingerprint density at radius 3 is 2.31 bits per heavy atom. The molecule has 2 aromatic carbocycles. The molecule has 3 rings (SSSR count). The van der Waals surface area contributed by atoms with Crippen molar-refractivity contribution in [1.82, 2.24) is 14.8 Å². The van der Waals surface area contributed by atoms with Gasteiger partial charge in [0.05, 0.1) is 4.92 Å². The summed E-state index contributed by atoms with van der Waals surface area (Å²) in [6, 6.07) is 15.0. The van der Waals surface area contributed by atoms with Crippen molar-refractivity contribution in [2.75, 3.05) is 0 Å². The first-order chi connectivity index (χ1) is 13.8. The summed E-state index contributed by atoms with van der Waals surface area (Å²) in [6.45, 7) is 11.0. The molecule has 6 nitrogen and oxygen atoms in total. The predicted octanol–water partition coefficient (Wildman–Crippen LogP) is 5.63. The molecule has 0 aliphatic rings. The maximum absolute atomic E-state index is 10.8. The van der Waals surface area contributed by atoms with Crippen molar-refractivity contribution in [3.63, 3.8) is 0 Å². The second kappa shape index (κ2) is 8.61. The molecule has 0 radical (unpaired) electrons. The molecule has 7 heteroatoms. The minimum atomic E-state index is -0.394. The molecule has 3 aromatic rings. The Morgan fingerprint density at radius 2 is 1.76 bits per heavy atom. The van der Waals surface area contributed by atoms with E-state index >= 15 is 0 Å². The highest BCUT2D eigenvalue weighted by Crippen LogP contribution is 2.29. The maximum Gasteiger partial charge on any atom is 0.269 e. The monoisotopic (exact) mass is 408 g/mol. The number of aromatic nitrogens is 3. The lowest BCUT2D eigenvalue weighted by atomic mass is 9.87. The van der Waals surface area contributed by atoms with Crippen LogP contribution in [0.3, 0.4) is 0 Å². The summed E-state index contributed by atoms with van der Waals surface area (Å²) in [4.78, 5) is 10.4. The van der Waals surface area contributed by atoms with Gasteiger partial charge in [0, 0.05) is 30.0 Å². The fourth-order valence-electron chi connectivity index (χ4n) is 2.88. The van der Waals surface area contributed by atoms with Crippen molar-refractivity contribution in [2.24, 2.45) is 0 Å². The summed E-state index contributed by atoms with van der Waals surface area (Å²) < 4.78 is 2.04. The molecule has 0 saturated carbocycles. The first-order valence-electron chi connectivity index (χ1n) is 9.30. The lowest BCUT2D eigenvalue weighted by molar-refractivity contribution is -0.384. The van der Waals surface area contributed by atoms with E-state index in [4.69, 9.17) is 0 Å². The third-order valence-electron chi connectivity index (χ3n) is 4.55. The van der Waals surface area contributed by atoms with E-state index in [1.807, 2.05) is 10.6 Å². The van der Waals surface area contributed by atoms with E-state index in [-0.39, 0.29) is 11.1 Å². The van der Waals surface area contributed by atoms with Gasteiger partial charge < -0.3 is 0 Å². The smallest absolute Gasteiger partial charge is 0.269 e. The molecule has 0 amide bonds. The molecular weight excluding hydrogens is 384 g/mol. The fraction of sp³-hybridized carbons (Fsp3) is 0.273. The first-order valence-corrected chi connectivity index (χ1v) is 10.3. The van der Waals surface area contributed by atoms with Gasteiger partial charge in [-0.1, -0.05) is 75.0 Å². The number of hydrogen-bond donors (Lipinski definition) is 0. The molecule has 0 spiro atoms. The van der Waals surface area contributed by atoms with E-state index in [1.165, 1.54) is 17.7 Å². The molecule has 0 fully saturated rings. The number of benzene rings is 2. The van der Waals surface area contributed by atoms with Gasteiger partial charge in [-0.3, -0.25) is 14.7 Å². The van der Waals surface area contributed by atoms with Crippen LogP contribution < -0.4 is 0 Å². The minimum Gasteiger partial charge on any atom is -0.298 e. The van der Waals surface area contributed by atoms with Crippen LogP contribution >= 0.6 is 11.8 Å². The molecule has 0 saturated heterocycles. The summed E-state index contributed by atoms with van der Waals surface area (Å²) >= 11 is 1.55.